The number of carboxylic acid groups (broad SMARTS) is 1. The van der Waals surface area contributed by atoms with Crippen LogP contribution in [0.5, 0.6) is 0 Å². The Morgan fingerprint density at radius 1 is 1.08 bits per heavy atom. The monoisotopic (exact) mass is 343 g/mol. The van der Waals surface area contributed by atoms with Crippen molar-refractivity contribution in [2.45, 2.75) is 24.8 Å². The molecule has 2 N–H and O–H groups in total. The predicted molar refractivity (Wildman–Crippen MR) is 91.0 cm³/mol. The van der Waals surface area contributed by atoms with Crippen molar-refractivity contribution in [3.63, 3.8) is 0 Å². The maximum absolute atomic E-state index is 12.1. The molecule has 0 aliphatic heterocycles. The molecule has 0 aliphatic carbocycles. The molecular formula is C18H17NO4S. The maximum Gasteiger partial charge on any atom is 0.321 e. The zero-order chi connectivity index (χ0) is 17.7. The second kappa shape index (κ2) is 7.30. The van der Waals surface area contributed by atoms with Gasteiger partial charge in [0.05, 0.1) is 4.90 Å². The van der Waals surface area contributed by atoms with Crippen LogP contribution in [0, 0.1) is 18.8 Å². The second-order valence-corrected chi connectivity index (χ2v) is 7.04. The Morgan fingerprint density at radius 3 is 2.29 bits per heavy atom. The van der Waals surface area contributed by atoms with Gasteiger partial charge in [0.1, 0.15) is 6.04 Å². The molecule has 2 aromatic carbocycles. The third-order valence-corrected chi connectivity index (χ3v) is 4.79. The highest BCUT2D eigenvalue weighted by Gasteiger charge is 2.21. The van der Waals surface area contributed by atoms with Crippen molar-refractivity contribution in [1.29, 1.82) is 0 Å². The first-order valence-corrected chi connectivity index (χ1v) is 8.70. The van der Waals surface area contributed by atoms with E-state index in [0.717, 1.165) is 11.1 Å². The van der Waals surface area contributed by atoms with Gasteiger partial charge in [0.25, 0.3) is 0 Å². The average molecular weight is 343 g/mol. The Labute approximate surface area is 141 Å². The quantitative estimate of drug-likeness (QED) is 0.833. The van der Waals surface area contributed by atoms with Crippen LogP contribution in [-0.2, 0) is 14.8 Å². The molecule has 0 spiro atoms. The van der Waals surface area contributed by atoms with E-state index in [0.29, 0.717) is 5.56 Å². The molecule has 2 aromatic rings. The third kappa shape index (κ3) is 4.69. The molecule has 0 bridgehead atoms. The molecule has 124 valence electrons. The summed E-state index contributed by atoms with van der Waals surface area (Å²) >= 11 is 0. The number of aryl methyl sites for hydroxylation is 1. The number of nitrogens with one attached hydrogen (secondary N) is 1. The number of carbonyl (C=O) groups is 1. The number of aliphatic carboxylic acids is 1. The number of hydrogen-bond donors (Lipinski definition) is 2. The SMILES string of the molecule is Cc1cccc(C#Cc2ccc(S(=O)(=O)N[C@H](C)C(=O)O)cc2)c1. The highest BCUT2D eigenvalue weighted by Crippen LogP contribution is 2.11. The highest BCUT2D eigenvalue weighted by atomic mass is 32.2. The lowest BCUT2D eigenvalue weighted by atomic mass is 10.1. The minimum absolute atomic E-state index is 0.00305. The minimum Gasteiger partial charge on any atom is -0.480 e. The summed E-state index contributed by atoms with van der Waals surface area (Å²) in [5.41, 5.74) is 2.66. The fourth-order valence-electron chi connectivity index (χ4n) is 1.94. The molecular weight excluding hydrogens is 326 g/mol. The van der Waals surface area contributed by atoms with E-state index in [1.165, 1.54) is 19.1 Å². The van der Waals surface area contributed by atoms with Crippen LogP contribution in [0.15, 0.2) is 53.4 Å². The Balaban J connectivity index is 2.18. The van der Waals surface area contributed by atoms with Crippen molar-refractivity contribution in [2.75, 3.05) is 0 Å². The summed E-state index contributed by atoms with van der Waals surface area (Å²) in [7, 11) is -3.87. The smallest absolute Gasteiger partial charge is 0.321 e. The van der Waals surface area contributed by atoms with Crippen LogP contribution in [0.2, 0.25) is 0 Å². The van der Waals surface area contributed by atoms with Crippen molar-refractivity contribution >= 4 is 16.0 Å². The van der Waals surface area contributed by atoms with E-state index in [1.54, 1.807) is 12.1 Å². The molecule has 6 heteroatoms. The minimum atomic E-state index is -3.87. The topological polar surface area (TPSA) is 83.5 Å². The molecule has 0 aliphatic rings. The van der Waals surface area contributed by atoms with Crippen LogP contribution < -0.4 is 4.72 Å². The largest absolute Gasteiger partial charge is 0.480 e. The summed E-state index contributed by atoms with van der Waals surface area (Å²) in [6.45, 7) is 3.25. The molecule has 5 nitrogen and oxygen atoms in total. The normalized spacial score (nSPS) is 12.1. The summed E-state index contributed by atoms with van der Waals surface area (Å²) in [6.07, 6.45) is 0. The van der Waals surface area contributed by atoms with Crippen LogP contribution in [0.1, 0.15) is 23.6 Å². The van der Waals surface area contributed by atoms with Crippen molar-refractivity contribution in [3.05, 3.63) is 65.2 Å². The maximum atomic E-state index is 12.1. The summed E-state index contributed by atoms with van der Waals surface area (Å²) in [6, 6.07) is 12.5. The van der Waals surface area contributed by atoms with Crippen LogP contribution in [-0.4, -0.2) is 25.5 Å². The highest BCUT2D eigenvalue weighted by molar-refractivity contribution is 7.89. The molecule has 0 aromatic heterocycles. The van der Waals surface area contributed by atoms with Gasteiger partial charge in [0.15, 0.2) is 0 Å². The fourth-order valence-corrected chi connectivity index (χ4v) is 3.13. The van der Waals surface area contributed by atoms with Gasteiger partial charge in [-0.2, -0.15) is 4.72 Å². The first-order valence-electron chi connectivity index (χ1n) is 7.22. The Bertz CT molecular complexity index is 906. The Kier molecular flexibility index (Phi) is 5.39. The lowest BCUT2D eigenvalue weighted by Gasteiger charge is -2.10. The molecule has 0 unspecified atom stereocenters. The summed E-state index contributed by atoms with van der Waals surface area (Å²) in [4.78, 5) is 10.8. The predicted octanol–water partition coefficient (Wildman–Crippen LogP) is 2.15. The van der Waals surface area contributed by atoms with E-state index in [4.69, 9.17) is 5.11 Å². The van der Waals surface area contributed by atoms with Gasteiger partial charge in [-0.05, 0) is 55.8 Å². The van der Waals surface area contributed by atoms with E-state index in [2.05, 4.69) is 16.6 Å². The Morgan fingerprint density at radius 2 is 1.71 bits per heavy atom. The van der Waals surface area contributed by atoms with E-state index in [1.807, 2.05) is 31.2 Å². The zero-order valence-electron chi connectivity index (χ0n) is 13.3. The molecule has 1 atom stereocenters. The molecule has 0 fully saturated rings. The van der Waals surface area contributed by atoms with Gasteiger partial charge in [-0.3, -0.25) is 4.79 Å². The van der Waals surface area contributed by atoms with Crippen molar-refractivity contribution in [2.24, 2.45) is 0 Å². The lowest BCUT2D eigenvalue weighted by molar-refractivity contribution is -0.138. The Hall–Kier alpha value is -2.62. The standard InChI is InChI=1S/C18H17NO4S/c1-13-4-3-5-16(12-13)7-6-15-8-10-17(11-9-15)24(22,23)19-14(2)18(20)21/h3-5,8-12,14,19H,1-2H3,(H,20,21)/t14-/m1/s1. The van der Waals surface area contributed by atoms with Crippen LogP contribution in [0.3, 0.4) is 0 Å². The lowest BCUT2D eigenvalue weighted by Crippen LogP contribution is -2.38. The number of benzene rings is 2. The van der Waals surface area contributed by atoms with Crippen LogP contribution >= 0.6 is 0 Å². The van der Waals surface area contributed by atoms with Crippen LogP contribution in [0.4, 0.5) is 0 Å². The van der Waals surface area contributed by atoms with Crippen LogP contribution in [0.25, 0.3) is 0 Å². The number of carboxylic acids is 1. The third-order valence-electron chi connectivity index (χ3n) is 3.24. The number of rotatable bonds is 4. The van der Waals surface area contributed by atoms with Gasteiger partial charge >= 0.3 is 5.97 Å². The van der Waals surface area contributed by atoms with Crippen molar-refractivity contribution in [1.82, 2.24) is 4.72 Å². The molecule has 0 radical (unpaired) electrons. The van der Waals surface area contributed by atoms with Gasteiger partial charge in [-0.25, -0.2) is 8.42 Å². The fraction of sp³-hybridized carbons (Fsp3) is 0.167. The van der Waals surface area contributed by atoms with Crippen molar-refractivity contribution in [3.8, 4) is 11.8 Å². The second-order valence-electron chi connectivity index (χ2n) is 5.33. The van der Waals surface area contributed by atoms with Gasteiger partial charge in [0.2, 0.25) is 10.0 Å². The number of sulfonamides is 1. The molecule has 2 rings (SSSR count). The zero-order valence-corrected chi connectivity index (χ0v) is 14.1. The first-order chi connectivity index (χ1) is 11.3. The first kappa shape index (κ1) is 17.7. The van der Waals surface area contributed by atoms with Gasteiger partial charge in [0, 0.05) is 11.1 Å². The molecule has 24 heavy (non-hydrogen) atoms. The van der Waals surface area contributed by atoms with Gasteiger partial charge in [-0.1, -0.05) is 24.0 Å². The van der Waals surface area contributed by atoms with E-state index < -0.39 is 22.0 Å². The van der Waals surface area contributed by atoms with Gasteiger partial charge < -0.3 is 5.11 Å². The summed E-state index contributed by atoms with van der Waals surface area (Å²) < 4.78 is 26.2. The van der Waals surface area contributed by atoms with E-state index >= 15 is 0 Å². The molecule has 0 amide bonds. The van der Waals surface area contributed by atoms with E-state index in [-0.39, 0.29) is 4.90 Å². The van der Waals surface area contributed by atoms with E-state index in [9.17, 15) is 13.2 Å². The molecule has 0 saturated heterocycles. The number of hydrogen-bond acceptors (Lipinski definition) is 3. The molecule has 0 heterocycles. The van der Waals surface area contributed by atoms with Gasteiger partial charge in [-0.15, -0.1) is 0 Å². The average Bonchev–Trinajstić information content (AvgIpc) is 2.53. The summed E-state index contributed by atoms with van der Waals surface area (Å²) in [5.74, 6) is 4.74. The molecule has 0 saturated carbocycles. The summed E-state index contributed by atoms with van der Waals surface area (Å²) in [5, 5.41) is 8.79. The van der Waals surface area contributed by atoms with Crippen molar-refractivity contribution < 1.29 is 18.3 Å².